The van der Waals surface area contributed by atoms with Crippen molar-refractivity contribution in [2.24, 2.45) is 5.92 Å². The molecule has 0 fully saturated rings. The first-order chi connectivity index (χ1) is 27.0. The number of amides is 2. The lowest BCUT2D eigenvalue weighted by molar-refractivity contribution is -0.129. The Morgan fingerprint density at radius 2 is 1.54 bits per heavy atom. The van der Waals surface area contributed by atoms with Gasteiger partial charge in [-0.25, -0.2) is 4.68 Å². The molecule has 310 valence electrons. The van der Waals surface area contributed by atoms with Crippen molar-refractivity contribution in [3.8, 4) is 22.5 Å². The first kappa shape index (κ1) is 45.2. The molecule has 13 heteroatoms. The molecule has 2 aromatic carbocycles. The average molecular weight is 794 g/mol. The van der Waals surface area contributed by atoms with E-state index in [0.29, 0.717) is 12.6 Å². The lowest BCUT2D eigenvalue weighted by Gasteiger charge is -2.29. The zero-order chi connectivity index (χ0) is 40.5. The molecule has 2 heterocycles. The summed E-state index contributed by atoms with van der Waals surface area (Å²) in [5.74, 6) is -1.17. The number of ether oxygens (including phenoxy) is 2. The largest absolute Gasteiger partial charge is 0.415 e. The molecular weight excluding hydrogens is 727 g/mol. The highest BCUT2D eigenvalue weighted by Gasteiger charge is 2.30. The van der Waals surface area contributed by atoms with Crippen molar-refractivity contribution in [1.82, 2.24) is 20.3 Å². The highest BCUT2D eigenvalue weighted by atomic mass is 28.4. The maximum Gasteiger partial charge on any atom is 0.227 e. The van der Waals surface area contributed by atoms with Crippen molar-refractivity contribution in [2.45, 2.75) is 142 Å². The lowest BCUT2D eigenvalue weighted by atomic mass is 9.95. The normalized spacial score (nSPS) is 14.3. The molecule has 3 aromatic rings. The molecule has 0 saturated carbocycles. The van der Waals surface area contributed by atoms with Gasteiger partial charge in [0.2, 0.25) is 11.8 Å². The van der Waals surface area contributed by atoms with Crippen LogP contribution in [0.1, 0.15) is 96.5 Å². The summed E-state index contributed by atoms with van der Waals surface area (Å²) >= 11 is 0. The third kappa shape index (κ3) is 13.6. The number of nitrogens with zero attached hydrogens (tertiary/aromatic N) is 4. The molecule has 3 N–H and O–H groups in total. The molecule has 4 rings (SSSR count). The third-order valence-electron chi connectivity index (χ3n) is 10.6. The smallest absolute Gasteiger partial charge is 0.227 e. The molecule has 1 aromatic heterocycles. The quantitative estimate of drug-likeness (QED) is 0.0451. The Balaban J connectivity index is 1.36. The van der Waals surface area contributed by atoms with Crippen LogP contribution in [0.5, 0.6) is 0 Å². The van der Waals surface area contributed by atoms with Gasteiger partial charge in [0.25, 0.3) is 0 Å². The van der Waals surface area contributed by atoms with Gasteiger partial charge in [-0.3, -0.25) is 9.59 Å². The van der Waals surface area contributed by atoms with Crippen molar-refractivity contribution in [1.29, 1.82) is 0 Å². The molecule has 1 aliphatic heterocycles. The molecule has 0 spiro atoms. The Bertz CT molecular complexity index is 1650. The number of unbranched alkanes of at least 4 members (excludes halogenated alkanes) is 8. The SMILES string of the molecule is COC[C@@H](C[C@@H](CO)OC)[C@@H](O)NC(=O)CCC(=O)N1Cc2ccccc2-c2nnn(CCCCCCCCCCC[Si](C)(C)OC(C)C)c2-c2ccccc21. The van der Waals surface area contributed by atoms with Gasteiger partial charge in [0.05, 0.1) is 37.2 Å². The number of carbonyl (C=O) groups is 2. The predicted molar refractivity (Wildman–Crippen MR) is 223 cm³/mol. The molecule has 0 unspecified atom stereocenters. The van der Waals surface area contributed by atoms with Crippen LogP contribution < -0.4 is 10.2 Å². The number of hydrogen-bond donors (Lipinski definition) is 3. The minimum Gasteiger partial charge on any atom is -0.415 e. The van der Waals surface area contributed by atoms with Gasteiger partial charge in [-0.2, -0.15) is 0 Å². The maximum absolute atomic E-state index is 14.0. The number of anilines is 1. The highest BCUT2D eigenvalue weighted by molar-refractivity contribution is 6.71. The minimum absolute atomic E-state index is 0.0569. The number of nitrogens with one attached hydrogen (secondary N) is 1. The molecular formula is C43H67N5O7Si. The molecule has 0 aliphatic carbocycles. The first-order valence-electron chi connectivity index (χ1n) is 20.7. The van der Waals surface area contributed by atoms with E-state index in [1.54, 1.807) is 4.90 Å². The monoisotopic (exact) mass is 793 g/mol. The molecule has 0 saturated heterocycles. The lowest BCUT2D eigenvalue weighted by Crippen LogP contribution is -2.44. The van der Waals surface area contributed by atoms with Crippen molar-refractivity contribution in [3.63, 3.8) is 0 Å². The fourth-order valence-corrected chi connectivity index (χ4v) is 10.2. The van der Waals surface area contributed by atoms with E-state index in [1.807, 2.05) is 53.2 Å². The van der Waals surface area contributed by atoms with Gasteiger partial charge < -0.3 is 34.3 Å². The van der Waals surface area contributed by atoms with Crippen molar-refractivity contribution < 1.29 is 33.7 Å². The van der Waals surface area contributed by atoms with Gasteiger partial charge in [0.1, 0.15) is 11.9 Å². The fraction of sp³-hybridized carbons (Fsp3) is 0.628. The van der Waals surface area contributed by atoms with Crippen LogP contribution in [0.4, 0.5) is 5.69 Å². The molecule has 12 nitrogen and oxygen atoms in total. The number of aliphatic hydroxyl groups is 2. The van der Waals surface area contributed by atoms with E-state index in [-0.39, 0.29) is 38.4 Å². The number of hydrogen-bond acceptors (Lipinski definition) is 9. The number of methoxy groups -OCH3 is 2. The number of aliphatic hydroxyl groups excluding tert-OH is 2. The molecule has 2 amide bonds. The van der Waals surface area contributed by atoms with E-state index < -0.39 is 32.5 Å². The van der Waals surface area contributed by atoms with Gasteiger partial charge in [-0.15, -0.1) is 5.10 Å². The topological polar surface area (TPSA) is 148 Å². The van der Waals surface area contributed by atoms with Crippen LogP contribution in [0.25, 0.3) is 22.5 Å². The van der Waals surface area contributed by atoms with Gasteiger partial charge in [-0.1, -0.05) is 99.0 Å². The van der Waals surface area contributed by atoms with Crippen LogP contribution in [0.15, 0.2) is 48.5 Å². The van der Waals surface area contributed by atoms with Crippen LogP contribution in [0.2, 0.25) is 19.1 Å². The van der Waals surface area contributed by atoms with Crippen LogP contribution in [0.3, 0.4) is 0 Å². The number of rotatable bonds is 25. The van der Waals surface area contributed by atoms with E-state index in [9.17, 15) is 19.8 Å². The van der Waals surface area contributed by atoms with Crippen LogP contribution in [0, 0.1) is 5.92 Å². The summed E-state index contributed by atoms with van der Waals surface area (Å²) in [6.07, 6.45) is 9.65. The maximum atomic E-state index is 14.0. The number of para-hydroxylation sites is 1. The van der Waals surface area contributed by atoms with Gasteiger partial charge in [0.15, 0.2) is 8.32 Å². The van der Waals surface area contributed by atoms with Crippen LogP contribution >= 0.6 is 0 Å². The second-order valence-electron chi connectivity index (χ2n) is 16.0. The first-order valence-corrected chi connectivity index (χ1v) is 23.8. The summed E-state index contributed by atoms with van der Waals surface area (Å²) in [4.78, 5) is 28.8. The van der Waals surface area contributed by atoms with Crippen molar-refractivity contribution in [3.05, 3.63) is 54.1 Å². The third-order valence-corrected chi connectivity index (χ3v) is 13.3. The number of aromatic nitrogens is 3. The van der Waals surface area contributed by atoms with Gasteiger partial charge in [-0.05, 0) is 57.5 Å². The summed E-state index contributed by atoms with van der Waals surface area (Å²) in [5, 5.41) is 32.3. The highest BCUT2D eigenvalue weighted by Crippen LogP contribution is 2.41. The Morgan fingerprint density at radius 1 is 0.893 bits per heavy atom. The van der Waals surface area contributed by atoms with Crippen molar-refractivity contribution >= 4 is 25.8 Å². The van der Waals surface area contributed by atoms with E-state index >= 15 is 0 Å². The molecule has 1 aliphatic rings. The van der Waals surface area contributed by atoms with Gasteiger partial charge >= 0.3 is 0 Å². The Labute approximate surface area is 335 Å². The summed E-state index contributed by atoms with van der Waals surface area (Å²) in [6.45, 7) is 9.91. The van der Waals surface area contributed by atoms with Gasteiger partial charge in [0, 0.05) is 56.8 Å². The van der Waals surface area contributed by atoms with Crippen LogP contribution in [-0.4, -0.2) is 91.2 Å². The zero-order valence-electron chi connectivity index (χ0n) is 34.7. The second kappa shape index (κ2) is 23.1. The summed E-state index contributed by atoms with van der Waals surface area (Å²) in [6, 6.07) is 17.1. The number of aryl methyl sites for hydroxylation is 1. The molecule has 0 bridgehead atoms. The summed E-state index contributed by atoms with van der Waals surface area (Å²) in [7, 11) is 1.46. The van der Waals surface area contributed by atoms with E-state index in [2.05, 4.69) is 37.5 Å². The zero-order valence-corrected chi connectivity index (χ0v) is 35.7. The van der Waals surface area contributed by atoms with E-state index in [1.165, 1.54) is 65.2 Å². The Hall–Kier alpha value is -3.46. The second-order valence-corrected chi connectivity index (χ2v) is 20.3. The Morgan fingerprint density at radius 3 is 2.20 bits per heavy atom. The van der Waals surface area contributed by atoms with E-state index in [4.69, 9.17) is 19.0 Å². The fourth-order valence-electron chi connectivity index (χ4n) is 7.74. The molecule has 56 heavy (non-hydrogen) atoms. The minimum atomic E-state index is -1.52. The summed E-state index contributed by atoms with van der Waals surface area (Å²) < 4.78 is 18.6. The molecule has 0 radical (unpaired) electrons. The average Bonchev–Trinajstić information content (AvgIpc) is 3.58. The number of carbonyl (C=O) groups excluding carboxylic acids is 2. The van der Waals surface area contributed by atoms with Crippen molar-refractivity contribution in [2.75, 3.05) is 32.3 Å². The Kier molecular flexibility index (Phi) is 18.6. The van der Waals surface area contributed by atoms with Crippen LogP contribution in [-0.2, 0) is 36.6 Å². The molecule has 3 atom stereocenters. The van der Waals surface area contributed by atoms with E-state index in [0.717, 1.165) is 53.2 Å². The number of fused-ring (bicyclic) bond motifs is 5. The summed E-state index contributed by atoms with van der Waals surface area (Å²) in [5.41, 5.74) is 5.18. The number of benzene rings is 2. The standard InChI is InChI=1S/C43H67N5O7Si/c1-32(2)55-56(5,6)27-19-13-11-9-7-8-10-12-18-26-48-42-37-22-16-17-23-38(37)47(29-33-20-14-15-21-36(33)41(42)45-46-48)40(51)25-24-39(50)44-43(52)34(31-53-3)28-35(30-49)54-4/h14-17,20-23,32,34-35,43,49,52H,7-13,18-19,24-31H2,1-6H3,(H,44,50)/t34-,35+,43-/m1/s1. The predicted octanol–water partition coefficient (Wildman–Crippen LogP) is 7.47.